The van der Waals surface area contributed by atoms with Crippen LogP contribution in [0.3, 0.4) is 0 Å². The van der Waals surface area contributed by atoms with Crippen LogP contribution in [0.5, 0.6) is 0 Å². The van der Waals surface area contributed by atoms with Gasteiger partial charge in [0.1, 0.15) is 0 Å². The van der Waals surface area contributed by atoms with E-state index in [0.717, 1.165) is 32.5 Å². The Labute approximate surface area is 80.5 Å². The zero-order chi connectivity index (χ0) is 9.57. The molecule has 0 aromatic heterocycles. The van der Waals surface area contributed by atoms with Gasteiger partial charge in [-0.3, -0.25) is 0 Å². The Morgan fingerprint density at radius 3 is 2.62 bits per heavy atom. The average molecular weight is 187 g/mol. The second-order valence-corrected chi connectivity index (χ2v) is 3.95. The van der Waals surface area contributed by atoms with Crippen molar-refractivity contribution in [3.8, 4) is 0 Å². The van der Waals surface area contributed by atoms with Crippen molar-refractivity contribution in [3.05, 3.63) is 0 Å². The van der Waals surface area contributed by atoms with Gasteiger partial charge in [0.05, 0.1) is 12.2 Å². The lowest BCUT2D eigenvalue weighted by Crippen LogP contribution is -2.42. The molecule has 1 fully saturated rings. The highest BCUT2D eigenvalue weighted by Gasteiger charge is 2.28. The molecule has 0 amide bonds. The fraction of sp³-hybridized carbons (Fsp3) is 1.00. The normalized spacial score (nSPS) is 21.7. The number of aliphatic hydroxyl groups is 1. The van der Waals surface area contributed by atoms with E-state index < -0.39 is 5.60 Å². The quantitative estimate of drug-likeness (QED) is 0.629. The Kier molecular flexibility index (Phi) is 4.70. The highest BCUT2D eigenvalue weighted by atomic mass is 16.5. The molecule has 0 bridgehead atoms. The van der Waals surface area contributed by atoms with Gasteiger partial charge in [-0.2, -0.15) is 0 Å². The Hall–Kier alpha value is -0.120. The summed E-state index contributed by atoms with van der Waals surface area (Å²) in [6.45, 7) is 2.27. The zero-order valence-electron chi connectivity index (χ0n) is 8.51. The van der Waals surface area contributed by atoms with Crippen LogP contribution in [0.15, 0.2) is 0 Å². The SMILES string of the molecule is COCCNCC1(O)CCCCC1. The summed E-state index contributed by atoms with van der Waals surface area (Å²) in [6.07, 6.45) is 5.52. The number of hydrogen-bond donors (Lipinski definition) is 2. The lowest BCUT2D eigenvalue weighted by Gasteiger charge is -2.32. The van der Waals surface area contributed by atoms with Crippen molar-refractivity contribution in [1.82, 2.24) is 5.32 Å². The van der Waals surface area contributed by atoms with E-state index >= 15 is 0 Å². The van der Waals surface area contributed by atoms with Gasteiger partial charge < -0.3 is 15.2 Å². The Morgan fingerprint density at radius 1 is 1.31 bits per heavy atom. The van der Waals surface area contributed by atoms with Crippen LogP contribution in [0.2, 0.25) is 0 Å². The van der Waals surface area contributed by atoms with E-state index in [9.17, 15) is 5.11 Å². The van der Waals surface area contributed by atoms with E-state index in [1.165, 1.54) is 19.3 Å². The second kappa shape index (κ2) is 5.58. The molecule has 0 aliphatic heterocycles. The summed E-state index contributed by atoms with van der Waals surface area (Å²) in [7, 11) is 1.69. The maximum absolute atomic E-state index is 10.1. The van der Waals surface area contributed by atoms with Crippen molar-refractivity contribution in [2.24, 2.45) is 0 Å². The third kappa shape index (κ3) is 4.07. The van der Waals surface area contributed by atoms with E-state index in [-0.39, 0.29) is 0 Å². The molecule has 0 radical (unpaired) electrons. The Morgan fingerprint density at radius 2 is 2.00 bits per heavy atom. The highest BCUT2D eigenvalue weighted by Crippen LogP contribution is 2.26. The molecule has 1 rings (SSSR count). The maximum Gasteiger partial charge on any atom is 0.0771 e. The zero-order valence-corrected chi connectivity index (χ0v) is 8.51. The third-order valence-corrected chi connectivity index (χ3v) is 2.72. The maximum atomic E-state index is 10.1. The fourth-order valence-electron chi connectivity index (χ4n) is 1.88. The minimum Gasteiger partial charge on any atom is -0.389 e. The average Bonchev–Trinajstić information content (AvgIpc) is 2.14. The molecule has 0 aromatic carbocycles. The van der Waals surface area contributed by atoms with E-state index in [4.69, 9.17) is 4.74 Å². The summed E-state index contributed by atoms with van der Waals surface area (Å²) in [6, 6.07) is 0. The van der Waals surface area contributed by atoms with Crippen LogP contribution in [0.1, 0.15) is 32.1 Å². The number of rotatable bonds is 5. The predicted octanol–water partition coefficient (Wildman–Crippen LogP) is 0.918. The summed E-state index contributed by atoms with van der Waals surface area (Å²) < 4.78 is 4.92. The summed E-state index contributed by atoms with van der Waals surface area (Å²) in [4.78, 5) is 0. The molecule has 0 atom stereocenters. The number of methoxy groups -OCH3 is 1. The first-order valence-corrected chi connectivity index (χ1v) is 5.19. The molecular weight excluding hydrogens is 166 g/mol. The lowest BCUT2D eigenvalue weighted by atomic mass is 9.85. The second-order valence-electron chi connectivity index (χ2n) is 3.95. The van der Waals surface area contributed by atoms with E-state index in [1.54, 1.807) is 7.11 Å². The number of ether oxygens (including phenoxy) is 1. The molecule has 0 unspecified atom stereocenters. The largest absolute Gasteiger partial charge is 0.389 e. The van der Waals surface area contributed by atoms with Crippen LogP contribution in [0, 0.1) is 0 Å². The number of nitrogens with one attached hydrogen (secondary N) is 1. The minimum absolute atomic E-state index is 0.439. The molecule has 78 valence electrons. The van der Waals surface area contributed by atoms with Crippen LogP contribution in [0.4, 0.5) is 0 Å². The Bertz CT molecular complexity index is 133. The monoisotopic (exact) mass is 187 g/mol. The first-order chi connectivity index (χ1) is 6.27. The van der Waals surface area contributed by atoms with E-state index in [1.807, 2.05) is 0 Å². The molecule has 0 spiro atoms. The predicted molar refractivity (Wildman–Crippen MR) is 52.8 cm³/mol. The molecule has 0 saturated heterocycles. The van der Waals surface area contributed by atoms with Crippen molar-refractivity contribution in [1.29, 1.82) is 0 Å². The van der Waals surface area contributed by atoms with Gasteiger partial charge in [0.15, 0.2) is 0 Å². The van der Waals surface area contributed by atoms with Crippen molar-refractivity contribution in [2.45, 2.75) is 37.7 Å². The molecular formula is C10H21NO2. The topological polar surface area (TPSA) is 41.5 Å². The molecule has 0 heterocycles. The molecule has 3 heteroatoms. The van der Waals surface area contributed by atoms with Crippen LogP contribution < -0.4 is 5.32 Å². The summed E-state index contributed by atoms with van der Waals surface area (Å²) in [5.74, 6) is 0. The third-order valence-electron chi connectivity index (χ3n) is 2.72. The molecule has 1 aliphatic rings. The lowest BCUT2D eigenvalue weighted by molar-refractivity contribution is 0.00398. The first-order valence-electron chi connectivity index (χ1n) is 5.19. The van der Waals surface area contributed by atoms with Gasteiger partial charge in [0.2, 0.25) is 0 Å². The van der Waals surface area contributed by atoms with Crippen molar-refractivity contribution < 1.29 is 9.84 Å². The molecule has 2 N–H and O–H groups in total. The van der Waals surface area contributed by atoms with Gasteiger partial charge in [-0.1, -0.05) is 19.3 Å². The summed E-state index contributed by atoms with van der Waals surface area (Å²) >= 11 is 0. The van der Waals surface area contributed by atoms with Gasteiger partial charge in [-0.25, -0.2) is 0 Å². The van der Waals surface area contributed by atoms with Gasteiger partial charge in [-0.15, -0.1) is 0 Å². The van der Waals surface area contributed by atoms with Gasteiger partial charge in [0.25, 0.3) is 0 Å². The molecule has 1 saturated carbocycles. The molecule has 0 aromatic rings. The van der Waals surface area contributed by atoms with Crippen LogP contribution >= 0.6 is 0 Å². The van der Waals surface area contributed by atoms with Crippen molar-refractivity contribution >= 4 is 0 Å². The highest BCUT2D eigenvalue weighted by molar-refractivity contribution is 4.84. The first kappa shape index (κ1) is 11.0. The van der Waals surface area contributed by atoms with Gasteiger partial charge in [0, 0.05) is 20.2 Å². The van der Waals surface area contributed by atoms with Crippen molar-refractivity contribution in [3.63, 3.8) is 0 Å². The van der Waals surface area contributed by atoms with E-state index in [0.29, 0.717) is 0 Å². The van der Waals surface area contributed by atoms with E-state index in [2.05, 4.69) is 5.32 Å². The fourth-order valence-corrected chi connectivity index (χ4v) is 1.88. The molecule has 3 nitrogen and oxygen atoms in total. The molecule has 13 heavy (non-hydrogen) atoms. The minimum atomic E-state index is -0.439. The van der Waals surface area contributed by atoms with Crippen LogP contribution in [-0.4, -0.2) is 37.5 Å². The molecule has 1 aliphatic carbocycles. The Balaban J connectivity index is 2.10. The van der Waals surface area contributed by atoms with Gasteiger partial charge >= 0.3 is 0 Å². The van der Waals surface area contributed by atoms with Crippen LogP contribution in [0.25, 0.3) is 0 Å². The summed E-state index contributed by atoms with van der Waals surface area (Å²) in [5, 5.41) is 13.3. The van der Waals surface area contributed by atoms with Crippen molar-refractivity contribution in [2.75, 3.05) is 26.8 Å². The number of hydrogen-bond acceptors (Lipinski definition) is 3. The van der Waals surface area contributed by atoms with Crippen LogP contribution in [-0.2, 0) is 4.74 Å². The summed E-state index contributed by atoms with van der Waals surface area (Å²) in [5.41, 5.74) is -0.439. The van der Waals surface area contributed by atoms with Gasteiger partial charge in [-0.05, 0) is 12.8 Å². The standard InChI is InChI=1S/C10H21NO2/c1-13-8-7-11-9-10(12)5-3-2-4-6-10/h11-12H,2-9H2,1H3. The smallest absolute Gasteiger partial charge is 0.0771 e.